The van der Waals surface area contributed by atoms with E-state index in [1.165, 1.54) is 0 Å². The third-order valence-corrected chi connectivity index (χ3v) is 20.8. The molecule has 0 aliphatic heterocycles. The molecule has 1 spiro atoms. The highest BCUT2D eigenvalue weighted by Gasteiger charge is 2.53. The highest BCUT2D eigenvalue weighted by Crippen LogP contribution is 2.66. The lowest BCUT2D eigenvalue weighted by Gasteiger charge is -2.35. The zero-order chi connectivity index (χ0) is 75.7. The number of benzene rings is 12. The predicted octanol–water partition coefficient (Wildman–Crippen LogP) is 20.7. The molecule has 0 bridgehead atoms. The predicted molar refractivity (Wildman–Crippen MR) is 436 cm³/mol. The Labute approximate surface area is 639 Å². The number of anilines is 12. The molecule has 14 rings (SSSR count). The molecule has 2 aliphatic rings. The summed E-state index contributed by atoms with van der Waals surface area (Å²) in [6.07, 6.45) is 3.01. The maximum Gasteiger partial charge on any atom is 0.124 e. The molecular formula is C93H92N4O12. The van der Waals surface area contributed by atoms with Crippen molar-refractivity contribution in [1.82, 2.24) is 0 Å². The zero-order valence-corrected chi connectivity index (χ0v) is 63.9. The molecule has 0 saturated carbocycles. The number of fused-ring (bicyclic) bond motifs is 10. The van der Waals surface area contributed by atoms with Crippen LogP contribution in [0.15, 0.2) is 243 Å². The lowest BCUT2D eigenvalue weighted by molar-refractivity contribution is 0.202. The van der Waals surface area contributed by atoms with E-state index < -0.39 is 5.41 Å². The van der Waals surface area contributed by atoms with Gasteiger partial charge < -0.3 is 76.4 Å². The molecule has 0 amide bonds. The van der Waals surface area contributed by atoms with Gasteiger partial charge >= 0.3 is 0 Å². The van der Waals surface area contributed by atoms with Gasteiger partial charge in [-0.2, -0.15) is 0 Å². The quantitative estimate of drug-likeness (QED) is 0.0397. The van der Waals surface area contributed by atoms with E-state index in [4.69, 9.17) is 56.8 Å². The van der Waals surface area contributed by atoms with Crippen molar-refractivity contribution in [3.8, 4) is 68.2 Å². The van der Waals surface area contributed by atoms with E-state index in [9.17, 15) is 0 Å². The molecule has 0 fully saturated rings. The maximum atomic E-state index is 6.09. The minimum atomic E-state index is -1.14. The molecular weight excluding hydrogens is 1370 g/mol. The van der Waals surface area contributed by atoms with Gasteiger partial charge in [0.2, 0.25) is 0 Å². The van der Waals surface area contributed by atoms with Crippen molar-refractivity contribution < 1.29 is 56.8 Å². The van der Waals surface area contributed by atoms with Crippen LogP contribution in [0, 0.1) is 0 Å². The number of hydrogen-bond donors (Lipinski definition) is 0. The summed E-state index contributed by atoms with van der Waals surface area (Å²) >= 11 is 0. The first kappa shape index (κ1) is 74.0. The van der Waals surface area contributed by atoms with Crippen LogP contribution in [0.4, 0.5) is 68.2 Å². The lowest BCUT2D eigenvalue weighted by Crippen LogP contribution is -2.27. The third-order valence-electron chi connectivity index (χ3n) is 20.8. The van der Waals surface area contributed by atoms with Crippen molar-refractivity contribution in [3.63, 3.8) is 0 Å². The highest BCUT2D eigenvalue weighted by molar-refractivity contribution is 6.00. The summed E-state index contributed by atoms with van der Waals surface area (Å²) < 4.78 is 71.1. The van der Waals surface area contributed by atoms with E-state index in [2.05, 4.69) is 238 Å². The van der Waals surface area contributed by atoms with E-state index in [0.717, 1.165) is 161 Å². The second-order valence-electron chi connectivity index (χ2n) is 26.9. The van der Waals surface area contributed by atoms with Gasteiger partial charge in [-0.3, -0.25) is 0 Å². The Morgan fingerprint density at radius 2 is 0.367 bits per heavy atom. The molecule has 109 heavy (non-hydrogen) atoms. The van der Waals surface area contributed by atoms with Crippen molar-refractivity contribution >= 4 is 68.2 Å². The van der Waals surface area contributed by atoms with Crippen LogP contribution in [0.3, 0.4) is 0 Å². The smallest absolute Gasteiger partial charge is 0.124 e. The van der Waals surface area contributed by atoms with E-state index in [1.807, 2.05) is 24.3 Å². The summed E-state index contributed by atoms with van der Waals surface area (Å²) in [4.78, 5) is 9.20. The van der Waals surface area contributed by atoms with E-state index in [0.29, 0.717) is 72.4 Å². The van der Waals surface area contributed by atoms with Gasteiger partial charge in [-0.05, 0) is 190 Å². The summed E-state index contributed by atoms with van der Waals surface area (Å²) in [5, 5.41) is 0. The van der Waals surface area contributed by atoms with E-state index in [-0.39, 0.29) is 0 Å². The van der Waals surface area contributed by atoms with Gasteiger partial charge in [-0.25, -0.2) is 0 Å². The van der Waals surface area contributed by atoms with Crippen LogP contribution >= 0.6 is 0 Å². The van der Waals surface area contributed by atoms with Crippen molar-refractivity contribution in [1.29, 1.82) is 0 Å². The standard InChI is InChI=1S/C93H92N4O12/c1-98-41-37-61-13-21-65(22-14-61)94(73-45-77(102-5)57-78(46-73)103-6)69-29-33-85-86-34-30-70(95(66-23-15-62(16-24-66)38-42-99-2)74-47-79(104-7)58-80(48-74)105-8)54-90(86)93(89(85)53-69)91-55-71(96(67-25-17-63(18-26-67)39-43-100-3)75-49-81(106-9)59-82(50-75)107-10)31-35-87(91)88-36-32-72(56-92(88)93)97(68-27-19-64(20-28-68)40-44-101-4)76-51-83(108-11)60-84(52-76)109-12/h13-36,45-60H,37-44H2,1-12H3. The molecule has 12 aromatic carbocycles. The first-order valence-electron chi connectivity index (χ1n) is 36.4. The van der Waals surface area contributed by atoms with Crippen LogP contribution in [-0.4, -0.2) is 112 Å². The third kappa shape index (κ3) is 14.8. The summed E-state index contributed by atoms with van der Waals surface area (Å²) in [7, 11) is 20.5. The molecule has 556 valence electrons. The van der Waals surface area contributed by atoms with Crippen molar-refractivity contribution in [2.45, 2.75) is 31.1 Å². The fourth-order valence-electron chi connectivity index (χ4n) is 15.3. The first-order valence-corrected chi connectivity index (χ1v) is 36.4. The molecule has 0 radical (unpaired) electrons. The van der Waals surface area contributed by atoms with Crippen molar-refractivity contribution in [2.75, 3.05) is 131 Å². The first-order chi connectivity index (χ1) is 53.4. The molecule has 0 saturated heterocycles. The fourth-order valence-corrected chi connectivity index (χ4v) is 15.3. The Morgan fingerprint density at radius 3 is 0.532 bits per heavy atom. The highest BCUT2D eigenvalue weighted by atomic mass is 16.5. The van der Waals surface area contributed by atoms with Crippen LogP contribution in [0.5, 0.6) is 46.0 Å². The number of nitrogens with zero attached hydrogens (tertiary/aromatic N) is 4. The molecule has 16 heteroatoms. The summed E-state index contributed by atoms with van der Waals surface area (Å²) in [6, 6.07) is 86.9. The van der Waals surface area contributed by atoms with Crippen LogP contribution in [0.2, 0.25) is 0 Å². The Morgan fingerprint density at radius 1 is 0.193 bits per heavy atom. The summed E-state index contributed by atoms with van der Waals surface area (Å²) in [5.74, 6) is 5.12. The van der Waals surface area contributed by atoms with Crippen molar-refractivity contribution in [2.24, 2.45) is 0 Å². The van der Waals surface area contributed by atoms with Gasteiger partial charge in [0.1, 0.15) is 46.0 Å². The van der Waals surface area contributed by atoms with Gasteiger partial charge in [0.15, 0.2) is 0 Å². The molecule has 0 unspecified atom stereocenters. The number of methoxy groups -OCH3 is 12. The minimum absolute atomic E-state index is 0.587. The van der Waals surface area contributed by atoms with Crippen LogP contribution < -0.4 is 57.5 Å². The molecule has 0 aromatic heterocycles. The normalized spacial score (nSPS) is 12.0. The van der Waals surface area contributed by atoms with E-state index in [1.54, 1.807) is 85.3 Å². The van der Waals surface area contributed by atoms with Crippen molar-refractivity contribution in [3.05, 3.63) is 287 Å². The average Bonchev–Trinajstić information content (AvgIpc) is 1.50. The number of ether oxygens (including phenoxy) is 12. The molecule has 0 heterocycles. The second kappa shape index (κ2) is 33.1. The number of rotatable bonds is 32. The second-order valence-corrected chi connectivity index (χ2v) is 26.9. The molecule has 0 atom stereocenters. The number of hydrogen-bond acceptors (Lipinski definition) is 16. The van der Waals surface area contributed by atoms with Gasteiger partial charge in [0.05, 0.1) is 111 Å². The Kier molecular flexibility index (Phi) is 22.4. The topological polar surface area (TPSA) is 124 Å². The molecule has 12 aromatic rings. The van der Waals surface area contributed by atoms with E-state index >= 15 is 0 Å². The summed E-state index contributed by atoms with van der Waals surface area (Å²) in [5.41, 5.74) is 22.5. The van der Waals surface area contributed by atoms with Crippen LogP contribution in [0.25, 0.3) is 22.3 Å². The Balaban J connectivity index is 1.12. The van der Waals surface area contributed by atoms with Crippen LogP contribution in [0.1, 0.15) is 44.5 Å². The van der Waals surface area contributed by atoms with Gasteiger partial charge in [-0.15, -0.1) is 0 Å². The van der Waals surface area contributed by atoms with Gasteiger partial charge in [0, 0.05) is 147 Å². The Bertz CT molecular complexity index is 4450. The largest absolute Gasteiger partial charge is 0.497 e. The average molecular weight is 1460 g/mol. The molecule has 2 aliphatic carbocycles. The van der Waals surface area contributed by atoms with Gasteiger partial charge in [0.25, 0.3) is 0 Å². The SMILES string of the molecule is COCCc1ccc(N(c2cc(OC)cc(OC)c2)c2ccc3c(c2)C2(c4cc(N(c5ccc(CCOC)cc5)c5cc(OC)cc(OC)c5)ccc4-3)c3cc(N(c4ccc(CCOC)cc4)c4cc(OC)cc(OC)c4)ccc3-c3ccc(N(c4ccc(CCOC)cc4)c4cc(OC)cc(OC)c4)cc32)cc1. The molecule has 16 nitrogen and oxygen atoms in total. The zero-order valence-electron chi connectivity index (χ0n) is 63.9. The maximum absolute atomic E-state index is 6.09. The minimum Gasteiger partial charge on any atom is -0.497 e. The lowest BCUT2D eigenvalue weighted by atomic mass is 9.70. The van der Waals surface area contributed by atoms with Gasteiger partial charge in [-0.1, -0.05) is 72.8 Å². The Hall–Kier alpha value is -11.9. The fraction of sp³-hybridized carbons (Fsp3) is 0.226. The monoisotopic (exact) mass is 1460 g/mol. The van der Waals surface area contributed by atoms with Crippen LogP contribution in [-0.2, 0) is 50.0 Å². The molecule has 0 N–H and O–H groups in total. The summed E-state index contributed by atoms with van der Waals surface area (Å²) in [6.45, 7) is 2.35.